The Labute approximate surface area is 84.7 Å². The van der Waals surface area contributed by atoms with Crippen molar-refractivity contribution in [1.29, 1.82) is 0 Å². The molecule has 0 saturated carbocycles. The quantitative estimate of drug-likeness (QED) is 0.713. The molecule has 0 aromatic carbocycles. The minimum Gasteiger partial charge on any atom is -0.368 e. The Kier molecular flexibility index (Phi) is 5.22. The average molecular weight is 191 g/mol. The van der Waals surface area contributed by atoms with Crippen LogP contribution in [0.1, 0.15) is 19.5 Å². The zero-order chi connectivity index (χ0) is 11.1. The van der Waals surface area contributed by atoms with Gasteiger partial charge >= 0.3 is 0 Å². The molecule has 0 fully saturated rings. The number of hydrogen-bond acceptors (Lipinski definition) is 3. The Hall–Kier alpha value is -1.64. The molecule has 1 aromatic heterocycles. The minimum absolute atomic E-state index is 0.271. The molecule has 0 bridgehead atoms. The Bertz CT molecular complexity index is 407. The molecule has 0 spiro atoms. The maximum absolute atomic E-state index is 5.45. The highest BCUT2D eigenvalue weighted by atomic mass is 15.0. The van der Waals surface area contributed by atoms with E-state index in [4.69, 9.17) is 5.73 Å². The van der Waals surface area contributed by atoms with E-state index in [0.29, 0.717) is 0 Å². The average Bonchev–Trinajstić information content (AvgIpc) is 2.17. The van der Waals surface area contributed by atoms with E-state index in [-0.39, 0.29) is 5.95 Å². The van der Waals surface area contributed by atoms with Gasteiger partial charge in [-0.15, -0.1) is 0 Å². The van der Waals surface area contributed by atoms with E-state index in [0.717, 1.165) is 16.3 Å². The van der Waals surface area contributed by atoms with Crippen molar-refractivity contribution >= 4 is 18.6 Å². The predicted molar refractivity (Wildman–Crippen MR) is 62.0 cm³/mol. The van der Waals surface area contributed by atoms with Crippen LogP contribution in [0.5, 0.6) is 0 Å². The minimum atomic E-state index is 0.271. The van der Waals surface area contributed by atoms with Gasteiger partial charge in [0, 0.05) is 5.22 Å². The van der Waals surface area contributed by atoms with Crippen LogP contribution >= 0.6 is 0 Å². The van der Waals surface area contributed by atoms with E-state index in [9.17, 15) is 0 Å². The zero-order valence-corrected chi connectivity index (χ0v) is 9.04. The predicted octanol–water partition coefficient (Wildman–Crippen LogP) is 0.770. The molecule has 0 unspecified atom stereocenters. The second-order valence-electron chi connectivity index (χ2n) is 2.43. The monoisotopic (exact) mass is 191 g/mol. The van der Waals surface area contributed by atoms with Gasteiger partial charge in [0.2, 0.25) is 5.95 Å². The second kappa shape index (κ2) is 5.91. The van der Waals surface area contributed by atoms with E-state index in [2.05, 4.69) is 23.1 Å². The molecule has 14 heavy (non-hydrogen) atoms. The molecule has 3 heteroatoms. The van der Waals surface area contributed by atoms with Crippen LogP contribution in [0.4, 0.5) is 5.95 Å². The molecule has 0 atom stereocenters. The van der Waals surface area contributed by atoms with Crippen LogP contribution in [0, 0.1) is 6.92 Å². The SMILES string of the molecule is C=C/C=c1/nc(N)nc(C)c1=C.CC. The van der Waals surface area contributed by atoms with Crippen LogP contribution in [0.3, 0.4) is 0 Å². The van der Waals surface area contributed by atoms with E-state index in [1.807, 2.05) is 20.8 Å². The van der Waals surface area contributed by atoms with Gasteiger partial charge in [-0.2, -0.15) is 0 Å². The van der Waals surface area contributed by atoms with Crippen LogP contribution in [0.15, 0.2) is 12.7 Å². The first kappa shape index (κ1) is 12.4. The number of allylic oxidation sites excluding steroid dienone is 1. The molecule has 1 rings (SSSR count). The summed E-state index contributed by atoms with van der Waals surface area (Å²) in [5.74, 6) is 0.271. The van der Waals surface area contributed by atoms with Crippen LogP contribution in [0.25, 0.3) is 12.7 Å². The molecule has 0 amide bonds. The van der Waals surface area contributed by atoms with Crippen molar-refractivity contribution in [2.24, 2.45) is 0 Å². The largest absolute Gasteiger partial charge is 0.368 e. The fourth-order valence-electron chi connectivity index (χ4n) is 0.890. The lowest BCUT2D eigenvalue weighted by atomic mass is 10.3. The molecule has 2 N–H and O–H groups in total. The third kappa shape index (κ3) is 3.01. The number of aromatic nitrogens is 2. The summed E-state index contributed by atoms with van der Waals surface area (Å²) in [5, 5.41) is 1.53. The van der Waals surface area contributed by atoms with Crippen LogP contribution in [0.2, 0.25) is 0 Å². The summed E-state index contributed by atoms with van der Waals surface area (Å²) in [6, 6.07) is 0. The van der Waals surface area contributed by atoms with Crippen LogP contribution < -0.4 is 16.3 Å². The van der Waals surface area contributed by atoms with Gasteiger partial charge in [-0.25, -0.2) is 9.97 Å². The van der Waals surface area contributed by atoms with Crippen molar-refractivity contribution in [3.05, 3.63) is 28.9 Å². The second-order valence-corrected chi connectivity index (χ2v) is 2.43. The van der Waals surface area contributed by atoms with Gasteiger partial charge < -0.3 is 5.73 Å². The highest BCUT2D eigenvalue weighted by Crippen LogP contribution is 1.82. The molecular weight excluding hydrogens is 174 g/mol. The van der Waals surface area contributed by atoms with Gasteiger partial charge in [0.05, 0.1) is 11.0 Å². The first-order chi connectivity index (χ1) is 6.65. The summed E-state index contributed by atoms with van der Waals surface area (Å²) in [4.78, 5) is 7.97. The van der Waals surface area contributed by atoms with E-state index >= 15 is 0 Å². The molecular formula is C11H17N3. The zero-order valence-electron chi connectivity index (χ0n) is 9.04. The molecule has 0 radical (unpaired) electrons. The molecule has 3 nitrogen and oxygen atoms in total. The Morgan fingerprint density at radius 1 is 1.29 bits per heavy atom. The summed E-state index contributed by atoms with van der Waals surface area (Å²) >= 11 is 0. The van der Waals surface area contributed by atoms with Crippen molar-refractivity contribution in [2.75, 3.05) is 5.73 Å². The van der Waals surface area contributed by atoms with Crippen molar-refractivity contribution in [3.8, 4) is 0 Å². The highest BCUT2D eigenvalue weighted by Gasteiger charge is 1.93. The lowest BCUT2D eigenvalue weighted by Crippen LogP contribution is -2.31. The van der Waals surface area contributed by atoms with Crippen molar-refractivity contribution in [1.82, 2.24) is 9.97 Å². The summed E-state index contributed by atoms with van der Waals surface area (Å²) in [7, 11) is 0. The molecule has 1 aromatic rings. The lowest BCUT2D eigenvalue weighted by Gasteiger charge is -1.95. The molecule has 0 aliphatic rings. The van der Waals surface area contributed by atoms with Gasteiger partial charge in [-0.1, -0.05) is 33.1 Å². The fourth-order valence-corrected chi connectivity index (χ4v) is 0.890. The smallest absolute Gasteiger partial charge is 0.220 e. The maximum Gasteiger partial charge on any atom is 0.220 e. The van der Waals surface area contributed by atoms with Crippen LogP contribution in [-0.2, 0) is 0 Å². The molecule has 0 saturated heterocycles. The van der Waals surface area contributed by atoms with Crippen molar-refractivity contribution < 1.29 is 0 Å². The van der Waals surface area contributed by atoms with E-state index in [1.54, 1.807) is 12.2 Å². The molecule has 0 aliphatic heterocycles. The molecule has 0 aliphatic carbocycles. The number of hydrogen-bond donors (Lipinski definition) is 1. The van der Waals surface area contributed by atoms with Gasteiger partial charge in [0.15, 0.2) is 0 Å². The van der Waals surface area contributed by atoms with E-state index < -0.39 is 0 Å². The number of rotatable bonds is 1. The van der Waals surface area contributed by atoms with Gasteiger partial charge in [-0.3, -0.25) is 0 Å². The number of nitrogen functional groups attached to an aromatic ring is 1. The maximum atomic E-state index is 5.45. The Morgan fingerprint density at radius 2 is 1.86 bits per heavy atom. The lowest BCUT2D eigenvalue weighted by molar-refractivity contribution is 1.06. The number of nitrogens with zero attached hydrogens (tertiary/aromatic N) is 2. The van der Waals surface area contributed by atoms with E-state index in [1.165, 1.54) is 0 Å². The first-order valence-corrected chi connectivity index (χ1v) is 4.57. The number of anilines is 1. The summed E-state index contributed by atoms with van der Waals surface area (Å²) in [6.07, 6.45) is 3.41. The molecule has 1 heterocycles. The third-order valence-electron chi connectivity index (χ3n) is 1.54. The Morgan fingerprint density at radius 3 is 2.36 bits per heavy atom. The van der Waals surface area contributed by atoms with Crippen LogP contribution in [-0.4, -0.2) is 9.97 Å². The van der Waals surface area contributed by atoms with Gasteiger partial charge in [0.1, 0.15) is 0 Å². The summed E-state index contributed by atoms with van der Waals surface area (Å²) in [6.45, 7) is 13.2. The third-order valence-corrected chi connectivity index (χ3v) is 1.54. The van der Waals surface area contributed by atoms with Crippen molar-refractivity contribution in [2.45, 2.75) is 20.8 Å². The normalized spacial score (nSPS) is 10.4. The van der Waals surface area contributed by atoms with Gasteiger partial charge in [-0.05, 0) is 13.0 Å². The Balaban J connectivity index is 0.000000791. The number of nitrogens with two attached hydrogens (primary N) is 1. The fraction of sp³-hybridized carbons (Fsp3) is 0.273. The number of aryl methyl sites for hydroxylation is 1. The molecule has 76 valence electrons. The topological polar surface area (TPSA) is 51.8 Å². The van der Waals surface area contributed by atoms with Crippen molar-refractivity contribution in [3.63, 3.8) is 0 Å². The summed E-state index contributed by atoms with van der Waals surface area (Å²) in [5.41, 5.74) is 6.26. The summed E-state index contributed by atoms with van der Waals surface area (Å²) < 4.78 is 0. The van der Waals surface area contributed by atoms with Gasteiger partial charge in [0.25, 0.3) is 0 Å². The standard InChI is InChI=1S/C9H11N3.C2H6/c1-4-5-8-6(2)7(3)11-9(10)12-8;1-2/h4-5H,1-2H2,3H3,(H2,10,12);1-2H3/b8-5+;. The highest BCUT2D eigenvalue weighted by molar-refractivity contribution is 5.36. The first-order valence-electron chi connectivity index (χ1n) is 4.57.